The van der Waals surface area contributed by atoms with Crippen LogP contribution in [0.25, 0.3) is 0 Å². The standard InChI is InChI=1S/C16H24N2O3S.ClH/c1-4-8-17(12-15(19)20)13(3)16(21)18(9-5-2)11-14-7-6-10-22-14;/h5-7,10,13H,2,4,8-9,11-12H2,1,3H3,(H,19,20);1H. The van der Waals surface area contributed by atoms with Gasteiger partial charge in [-0.15, -0.1) is 30.3 Å². The van der Waals surface area contributed by atoms with E-state index >= 15 is 0 Å². The molecule has 0 aromatic carbocycles. The SMILES string of the molecule is C=CCN(Cc1cccs1)C(=O)C(C)N(CCC)CC(=O)O.Cl. The number of halogens is 1. The van der Waals surface area contributed by atoms with Gasteiger partial charge in [-0.05, 0) is 31.3 Å². The molecule has 0 radical (unpaired) electrons. The predicted molar refractivity (Wildman–Crippen MR) is 96.1 cm³/mol. The van der Waals surface area contributed by atoms with Crippen LogP contribution in [0.2, 0.25) is 0 Å². The molecule has 7 heteroatoms. The largest absolute Gasteiger partial charge is 0.480 e. The van der Waals surface area contributed by atoms with E-state index in [2.05, 4.69) is 6.58 Å². The van der Waals surface area contributed by atoms with Crippen molar-refractivity contribution in [1.82, 2.24) is 9.80 Å². The highest BCUT2D eigenvalue weighted by molar-refractivity contribution is 7.09. The summed E-state index contributed by atoms with van der Waals surface area (Å²) in [7, 11) is 0. The normalized spacial score (nSPS) is 11.6. The number of hydrogen-bond donors (Lipinski definition) is 1. The minimum Gasteiger partial charge on any atom is -0.480 e. The summed E-state index contributed by atoms with van der Waals surface area (Å²) in [6.07, 6.45) is 2.50. The van der Waals surface area contributed by atoms with E-state index in [0.29, 0.717) is 19.6 Å². The molecule has 1 unspecified atom stereocenters. The van der Waals surface area contributed by atoms with Crippen molar-refractivity contribution in [2.45, 2.75) is 32.9 Å². The van der Waals surface area contributed by atoms with Gasteiger partial charge in [-0.25, -0.2) is 0 Å². The third-order valence-electron chi connectivity index (χ3n) is 3.34. The third-order valence-corrected chi connectivity index (χ3v) is 4.20. The number of carboxylic acid groups (broad SMARTS) is 1. The first-order valence-corrected chi connectivity index (χ1v) is 8.25. The lowest BCUT2D eigenvalue weighted by Gasteiger charge is -2.31. The Morgan fingerprint density at radius 2 is 2.17 bits per heavy atom. The number of thiophene rings is 1. The molecule has 5 nitrogen and oxygen atoms in total. The average Bonchev–Trinajstić information content (AvgIpc) is 2.97. The Kier molecular flexibility index (Phi) is 10.5. The number of carbonyl (C=O) groups excluding carboxylic acids is 1. The minimum absolute atomic E-state index is 0. The van der Waals surface area contributed by atoms with Crippen LogP contribution in [0.15, 0.2) is 30.2 Å². The molecule has 1 aromatic heterocycles. The quantitative estimate of drug-likeness (QED) is 0.652. The zero-order valence-electron chi connectivity index (χ0n) is 13.6. The summed E-state index contributed by atoms with van der Waals surface area (Å²) in [5.74, 6) is -0.982. The Morgan fingerprint density at radius 3 is 2.65 bits per heavy atom. The Bertz CT molecular complexity index is 494. The monoisotopic (exact) mass is 360 g/mol. The van der Waals surface area contributed by atoms with Gasteiger partial charge < -0.3 is 10.0 Å². The van der Waals surface area contributed by atoms with Crippen LogP contribution >= 0.6 is 23.7 Å². The molecular formula is C16H25ClN2O3S. The highest BCUT2D eigenvalue weighted by Crippen LogP contribution is 2.14. The maximum Gasteiger partial charge on any atom is 0.317 e. The van der Waals surface area contributed by atoms with Crippen molar-refractivity contribution in [3.05, 3.63) is 35.0 Å². The topological polar surface area (TPSA) is 60.9 Å². The van der Waals surface area contributed by atoms with E-state index in [1.807, 2.05) is 24.4 Å². The van der Waals surface area contributed by atoms with Gasteiger partial charge in [0.2, 0.25) is 5.91 Å². The van der Waals surface area contributed by atoms with Crippen molar-refractivity contribution >= 4 is 35.6 Å². The first kappa shape index (κ1) is 21.6. The molecule has 1 atom stereocenters. The van der Waals surface area contributed by atoms with Gasteiger partial charge in [0.25, 0.3) is 0 Å². The number of aliphatic carboxylic acids is 1. The Hall–Kier alpha value is -1.37. The van der Waals surface area contributed by atoms with Gasteiger partial charge in [0.1, 0.15) is 0 Å². The van der Waals surface area contributed by atoms with Crippen LogP contribution in [0.5, 0.6) is 0 Å². The van der Waals surface area contributed by atoms with Gasteiger partial charge in [0.15, 0.2) is 0 Å². The van der Waals surface area contributed by atoms with Crippen LogP contribution in [0, 0.1) is 0 Å². The number of rotatable bonds is 10. The Balaban J connectivity index is 0.00000484. The van der Waals surface area contributed by atoms with Crippen molar-refractivity contribution in [3.63, 3.8) is 0 Å². The lowest BCUT2D eigenvalue weighted by atomic mass is 10.2. The molecule has 1 amide bonds. The van der Waals surface area contributed by atoms with E-state index in [-0.39, 0.29) is 24.9 Å². The average molecular weight is 361 g/mol. The van der Waals surface area contributed by atoms with E-state index in [0.717, 1.165) is 11.3 Å². The van der Waals surface area contributed by atoms with Crippen LogP contribution in [-0.2, 0) is 16.1 Å². The first-order chi connectivity index (χ1) is 10.5. The Labute approximate surface area is 148 Å². The predicted octanol–water partition coefficient (Wildman–Crippen LogP) is 2.87. The molecule has 0 aliphatic rings. The zero-order valence-corrected chi connectivity index (χ0v) is 15.2. The molecule has 0 aliphatic carbocycles. The molecule has 0 aliphatic heterocycles. The van der Waals surface area contributed by atoms with Gasteiger partial charge in [-0.3, -0.25) is 14.5 Å². The maximum absolute atomic E-state index is 12.7. The Morgan fingerprint density at radius 1 is 1.48 bits per heavy atom. The molecular weight excluding hydrogens is 336 g/mol. The fraction of sp³-hybridized carbons (Fsp3) is 0.500. The molecule has 1 rings (SSSR count). The van der Waals surface area contributed by atoms with E-state index in [9.17, 15) is 9.59 Å². The van der Waals surface area contributed by atoms with Gasteiger partial charge in [0, 0.05) is 11.4 Å². The minimum atomic E-state index is -0.915. The van der Waals surface area contributed by atoms with Gasteiger partial charge in [-0.1, -0.05) is 19.1 Å². The van der Waals surface area contributed by atoms with Crippen molar-refractivity contribution in [2.24, 2.45) is 0 Å². The first-order valence-electron chi connectivity index (χ1n) is 7.37. The number of amides is 1. The van der Waals surface area contributed by atoms with Crippen LogP contribution in [0.1, 0.15) is 25.1 Å². The summed E-state index contributed by atoms with van der Waals surface area (Å²) < 4.78 is 0. The number of carbonyl (C=O) groups is 2. The lowest BCUT2D eigenvalue weighted by Crippen LogP contribution is -2.48. The molecule has 0 fully saturated rings. The second-order valence-electron chi connectivity index (χ2n) is 5.13. The second-order valence-corrected chi connectivity index (χ2v) is 6.16. The van der Waals surface area contributed by atoms with Crippen LogP contribution in [-0.4, -0.2) is 52.5 Å². The van der Waals surface area contributed by atoms with Gasteiger partial charge in [-0.2, -0.15) is 0 Å². The van der Waals surface area contributed by atoms with Crippen molar-refractivity contribution < 1.29 is 14.7 Å². The van der Waals surface area contributed by atoms with Crippen molar-refractivity contribution in [3.8, 4) is 0 Å². The fourth-order valence-corrected chi connectivity index (χ4v) is 2.99. The van der Waals surface area contributed by atoms with E-state index < -0.39 is 12.0 Å². The van der Waals surface area contributed by atoms with Gasteiger partial charge >= 0.3 is 5.97 Å². The van der Waals surface area contributed by atoms with E-state index in [4.69, 9.17) is 5.11 Å². The van der Waals surface area contributed by atoms with E-state index in [1.54, 1.807) is 34.1 Å². The summed E-state index contributed by atoms with van der Waals surface area (Å²) in [5, 5.41) is 11.0. The highest BCUT2D eigenvalue weighted by atomic mass is 35.5. The highest BCUT2D eigenvalue weighted by Gasteiger charge is 2.26. The molecule has 0 saturated heterocycles. The van der Waals surface area contributed by atoms with Crippen LogP contribution in [0.3, 0.4) is 0 Å². The molecule has 0 spiro atoms. The second kappa shape index (κ2) is 11.2. The molecule has 0 saturated carbocycles. The van der Waals surface area contributed by atoms with E-state index in [1.165, 1.54) is 0 Å². The number of carboxylic acids is 1. The molecule has 1 N–H and O–H groups in total. The van der Waals surface area contributed by atoms with Crippen molar-refractivity contribution in [2.75, 3.05) is 19.6 Å². The molecule has 0 bridgehead atoms. The number of hydrogen-bond acceptors (Lipinski definition) is 4. The van der Waals surface area contributed by atoms with Gasteiger partial charge in [0.05, 0.1) is 19.1 Å². The van der Waals surface area contributed by atoms with Crippen LogP contribution in [0.4, 0.5) is 0 Å². The summed E-state index contributed by atoms with van der Waals surface area (Å²) in [5.41, 5.74) is 0. The summed E-state index contributed by atoms with van der Waals surface area (Å²) in [6.45, 7) is 8.88. The summed E-state index contributed by atoms with van der Waals surface area (Å²) in [4.78, 5) is 28.2. The van der Waals surface area contributed by atoms with Crippen molar-refractivity contribution in [1.29, 1.82) is 0 Å². The molecule has 130 valence electrons. The zero-order chi connectivity index (χ0) is 16.5. The summed E-state index contributed by atoms with van der Waals surface area (Å²) in [6, 6.07) is 3.48. The fourth-order valence-electron chi connectivity index (χ4n) is 2.27. The molecule has 23 heavy (non-hydrogen) atoms. The molecule has 1 aromatic rings. The maximum atomic E-state index is 12.7. The third kappa shape index (κ3) is 7.16. The summed E-state index contributed by atoms with van der Waals surface area (Å²) >= 11 is 1.60. The lowest BCUT2D eigenvalue weighted by molar-refractivity contribution is -0.142. The van der Waals surface area contributed by atoms with Crippen LogP contribution < -0.4 is 0 Å². The smallest absolute Gasteiger partial charge is 0.317 e. The molecule has 1 heterocycles. The number of nitrogens with zero attached hydrogens (tertiary/aromatic N) is 2.